The number of aryl methyl sites for hydroxylation is 1. The first kappa shape index (κ1) is 11.6. The van der Waals surface area contributed by atoms with E-state index in [9.17, 15) is 0 Å². The van der Waals surface area contributed by atoms with E-state index in [1.54, 1.807) is 11.3 Å². The smallest absolute Gasteiger partial charge is 1.00 e. The molecule has 0 aliphatic carbocycles. The summed E-state index contributed by atoms with van der Waals surface area (Å²) >= 11 is 1.61. The summed E-state index contributed by atoms with van der Waals surface area (Å²) < 4.78 is 0. The van der Waals surface area contributed by atoms with E-state index in [0.717, 1.165) is 5.01 Å². The van der Waals surface area contributed by atoms with Crippen molar-refractivity contribution < 1.29 is 17.0 Å². The first-order valence-corrected chi connectivity index (χ1v) is 2.56. The van der Waals surface area contributed by atoms with Gasteiger partial charge in [-0.2, -0.15) is 0 Å². The van der Waals surface area contributed by atoms with Gasteiger partial charge in [0, 0.05) is 0 Å². The van der Waals surface area contributed by atoms with Crippen LogP contribution >= 0.6 is 11.3 Å². The van der Waals surface area contributed by atoms with Gasteiger partial charge >= 0.3 is 23.1 Å². The molecule has 0 saturated heterocycles. The van der Waals surface area contributed by atoms with Crippen LogP contribution in [0.4, 0.5) is 0 Å². The molecule has 0 aromatic carbocycles. The third-order valence-electron chi connectivity index (χ3n) is 0.504. The number of hydrogen-bond donors (Lipinski definition) is 0. The SMILES string of the molecule is Cc1n[c-]cs1.[Br-].[Mg+2]. The molecule has 0 saturated carbocycles. The molecule has 1 aromatic rings. The number of halogens is 1. The molecule has 0 N–H and O–H groups in total. The molecule has 0 unspecified atom stereocenters. The molecule has 0 radical (unpaired) electrons. The Morgan fingerprint density at radius 3 is 2.50 bits per heavy atom. The van der Waals surface area contributed by atoms with E-state index in [4.69, 9.17) is 0 Å². The molecule has 1 heterocycles. The fourth-order valence-corrected chi connectivity index (χ4v) is 0.637. The molecule has 0 bridgehead atoms. The Bertz CT molecular complexity index is 120. The third-order valence-corrected chi connectivity index (χ3v) is 1.16. The maximum Gasteiger partial charge on any atom is 2.00 e. The molecule has 8 heavy (non-hydrogen) atoms. The van der Waals surface area contributed by atoms with Crippen molar-refractivity contribution in [1.29, 1.82) is 0 Å². The van der Waals surface area contributed by atoms with E-state index in [1.807, 2.05) is 12.3 Å². The second kappa shape index (κ2) is 6.00. The number of thiazole rings is 1. The summed E-state index contributed by atoms with van der Waals surface area (Å²) in [5, 5.41) is 2.92. The van der Waals surface area contributed by atoms with E-state index in [-0.39, 0.29) is 40.0 Å². The summed E-state index contributed by atoms with van der Waals surface area (Å²) in [5.74, 6) is 0. The van der Waals surface area contributed by atoms with Crippen LogP contribution in [0.25, 0.3) is 0 Å². The Morgan fingerprint density at radius 1 is 1.75 bits per heavy atom. The number of hydrogen-bond acceptors (Lipinski definition) is 2. The zero-order chi connectivity index (χ0) is 4.41. The molecule has 0 aliphatic rings. The Hall–Kier alpha value is 0.876. The Labute approximate surface area is 79.4 Å². The number of aromatic nitrogens is 1. The average Bonchev–Trinajstić information content (AvgIpc) is 1.86. The van der Waals surface area contributed by atoms with E-state index < -0.39 is 0 Å². The van der Waals surface area contributed by atoms with Gasteiger partial charge in [-0.25, -0.2) is 11.3 Å². The maximum absolute atomic E-state index is 3.81. The molecule has 0 amide bonds. The zero-order valence-electron chi connectivity index (χ0n) is 4.52. The largest absolute Gasteiger partial charge is 2.00 e. The van der Waals surface area contributed by atoms with Gasteiger partial charge in [-0.15, -0.1) is 6.20 Å². The van der Waals surface area contributed by atoms with Crippen molar-refractivity contribution in [1.82, 2.24) is 4.98 Å². The molecular formula is C4H4BrMgNS. The van der Waals surface area contributed by atoms with Gasteiger partial charge in [-0.05, 0) is 0 Å². The standard InChI is InChI=1S/C4H4NS.BrH.Mg/c1-4-5-2-3-6-4;;/h3H,1H3;1H;/q-1;;+2/p-1. The van der Waals surface area contributed by atoms with Crippen LogP contribution in [0.5, 0.6) is 0 Å². The van der Waals surface area contributed by atoms with Crippen molar-refractivity contribution >= 4 is 34.4 Å². The van der Waals surface area contributed by atoms with Gasteiger partial charge in [0.15, 0.2) is 0 Å². The zero-order valence-corrected chi connectivity index (χ0v) is 8.33. The van der Waals surface area contributed by atoms with Gasteiger partial charge in [0.05, 0.1) is 0 Å². The second-order valence-electron chi connectivity index (χ2n) is 0.996. The summed E-state index contributed by atoms with van der Waals surface area (Å²) in [6, 6.07) is 0. The van der Waals surface area contributed by atoms with E-state index in [1.165, 1.54) is 0 Å². The average molecular weight is 202 g/mol. The Balaban J connectivity index is 0. The van der Waals surface area contributed by atoms with Crippen LogP contribution in [-0.2, 0) is 0 Å². The maximum atomic E-state index is 3.81. The summed E-state index contributed by atoms with van der Waals surface area (Å²) in [5.41, 5.74) is 0. The summed E-state index contributed by atoms with van der Waals surface area (Å²) in [6.45, 7) is 1.96. The molecular weight excluding hydrogens is 198 g/mol. The van der Waals surface area contributed by atoms with E-state index in [2.05, 4.69) is 11.2 Å². The number of rotatable bonds is 0. The third kappa shape index (κ3) is 3.83. The van der Waals surface area contributed by atoms with Gasteiger partial charge in [-0.1, -0.05) is 17.3 Å². The molecule has 0 spiro atoms. The summed E-state index contributed by atoms with van der Waals surface area (Å²) in [6.07, 6.45) is 2.70. The molecule has 0 atom stereocenters. The van der Waals surface area contributed by atoms with Crippen molar-refractivity contribution in [3.63, 3.8) is 0 Å². The normalized spacial score (nSPS) is 6.62. The predicted molar refractivity (Wildman–Crippen MR) is 31.4 cm³/mol. The summed E-state index contributed by atoms with van der Waals surface area (Å²) in [4.78, 5) is 3.81. The van der Waals surface area contributed by atoms with E-state index >= 15 is 0 Å². The Kier molecular flexibility index (Phi) is 8.74. The van der Waals surface area contributed by atoms with Gasteiger partial charge in [0.25, 0.3) is 0 Å². The van der Waals surface area contributed by atoms with E-state index in [0.29, 0.717) is 0 Å². The number of nitrogens with zero attached hydrogens (tertiary/aromatic N) is 1. The minimum Gasteiger partial charge on any atom is -1.00 e. The van der Waals surface area contributed by atoms with Crippen LogP contribution < -0.4 is 17.0 Å². The van der Waals surface area contributed by atoms with Crippen molar-refractivity contribution in [2.45, 2.75) is 6.92 Å². The van der Waals surface area contributed by atoms with Crippen LogP contribution in [0.2, 0.25) is 0 Å². The summed E-state index contributed by atoms with van der Waals surface area (Å²) in [7, 11) is 0. The molecule has 40 valence electrons. The minimum absolute atomic E-state index is 0. The fourth-order valence-electron chi connectivity index (χ4n) is 0.255. The second-order valence-corrected chi connectivity index (χ2v) is 2.06. The van der Waals surface area contributed by atoms with Crippen LogP contribution in [0.15, 0.2) is 5.38 Å². The van der Waals surface area contributed by atoms with Gasteiger partial charge in [0.1, 0.15) is 0 Å². The molecule has 0 aliphatic heterocycles. The van der Waals surface area contributed by atoms with Crippen LogP contribution in [0, 0.1) is 13.1 Å². The topological polar surface area (TPSA) is 12.9 Å². The monoisotopic (exact) mass is 201 g/mol. The van der Waals surface area contributed by atoms with Gasteiger partial charge in [0.2, 0.25) is 0 Å². The quantitative estimate of drug-likeness (QED) is 0.346. The van der Waals surface area contributed by atoms with Crippen LogP contribution in [-0.4, -0.2) is 28.0 Å². The molecule has 4 heteroatoms. The van der Waals surface area contributed by atoms with Crippen molar-refractivity contribution in [3.05, 3.63) is 16.6 Å². The molecule has 1 rings (SSSR count). The fraction of sp³-hybridized carbons (Fsp3) is 0.250. The van der Waals surface area contributed by atoms with Crippen molar-refractivity contribution in [2.24, 2.45) is 0 Å². The van der Waals surface area contributed by atoms with Gasteiger partial charge < -0.3 is 22.0 Å². The van der Waals surface area contributed by atoms with Crippen LogP contribution in [0.3, 0.4) is 0 Å². The predicted octanol–water partition coefficient (Wildman–Crippen LogP) is -2.13. The van der Waals surface area contributed by atoms with Crippen molar-refractivity contribution in [3.8, 4) is 0 Å². The molecule has 1 aromatic heterocycles. The first-order chi connectivity index (χ1) is 2.89. The minimum atomic E-state index is 0. The first-order valence-electron chi connectivity index (χ1n) is 1.68. The molecule has 1 nitrogen and oxygen atoms in total. The van der Waals surface area contributed by atoms with Crippen LogP contribution in [0.1, 0.15) is 5.01 Å². The Morgan fingerprint density at radius 2 is 2.38 bits per heavy atom. The molecule has 0 fully saturated rings. The van der Waals surface area contributed by atoms with Crippen molar-refractivity contribution in [2.75, 3.05) is 0 Å². The van der Waals surface area contributed by atoms with Gasteiger partial charge in [-0.3, -0.25) is 0 Å².